The molecule has 1 aliphatic heterocycles. The molecule has 0 aliphatic carbocycles. The van der Waals surface area contributed by atoms with Crippen molar-refractivity contribution >= 4 is 5.91 Å². The Balaban J connectivity index is 1.82. The van der Waals surface area contributed by atoms with Crippen molar-refractivity contribution in [1.82, 2.24) is 10.2 Å². The van der Waals surface area contributed by atoms with E-state index in [1.165, 1.54) is 0 Å². The molecule has 1 aliphatic rings. The number of carbonyl (C=O) groups excluding carboxylic acids is 1. The fourth-order valence-electron chi connectivity index (χ4n) is 1.68. The van der Waals surface area contributed by atoms with E-state index < -0.39 is 0 Å². The topological polar surface area (TPSA) is 50.8 Å². The molecule has 98 valence electrons. The Hall–Kier alpha value is -1.75. The van der Waals surface area contributed by atoms with Gasteiger partial charge in [0.2, 0.25) is 12.7 Å². The van der Waals surface area contributed by atoms with Gasteiger partial charge in [-0.2, -0.15) is 0 Å². The van der Waals surface area contributed by atoms with Crippen LogP contribution in [0.15, 0.2) is 18.2 Å². The van der Waals surface area contributed by atoms with Crippen LogP contribution in [0.25, 0.3) is 0 Å². The fraction of sp³-hybridized carbons (Fsp3) is 0.462. The number of likely N-dealkylation sites (N-methyl/N-ethyl adjacent to an activating group) is 1. The zero-order valence-corrected chi connectivity index (χ0v) is 10.7. The van der Waals surface area contributed by atoms with Gasteiger partial charge in [-0.1, -0.05) is 6.07 Å². The third-order valence-corrected chi connectivity index (χ3v) is 2.94. The first-order valence-corrected chi connectivity index (χ1v) is 6.04. The van der Waals surface area contributed by atoms with Gasteiger partial charge in [0.15, 0.2) is 11.5 Å². The Morgan fingerprint density at radius 3 is 2.94 bits per heavy atom. The summed E-state index contributed by atoms with van der Waals surface area (Å²) in [5, 5.41) is 3.12. The number of amides is 1. The normalized spacial score (nSPS) is 12.6. The van der Waals surface area contributed by atoms with Crippen molar-refractivity contribution in [3.63, 3.8) is 0 Å². The number of carbonyl (C=O) groups is 1. The molecule has 2 rings (SSSR count). The summed E-state index contributed by atoms with van der Waals surface area (Å²) in [5.41, 5.74) is 1.08. The number of hydrogen-bond acceptors (Lipinski definition) is 4. The molecule has 5 heteroatoms. The van der Waals surface area contributed by atoms with E-state index in [2.05, 4.69) is 5.32 Å². The highest BCUT2D eigenvalue weighted by molar-refractivity contribution is 5.77. The van der Waals surface area contributed by atoms with Gasteiger partial charge in [0.1, 0.15) is 0 Å². The second-order valence-corrected chi connectivity index (χ2v) is 4.20. The van der Waals surface area contributed by atoms with E-state index in [-0.39, 0.29) is 12.7 Å². The smallest absolute Gasteiger partial charge is 0.236 e. The maximum absolute atomic E-state index is 11.6. The molecule has 0 bridgehead atoms. The maximum atomic E-state index is 11.6. The Labute approximate surface area is 107 Å². The quantitative estimate of drug-likeness (QED) is 0.846. The lowest BCUT2D eigenvalue weighted by molar-refractivity contribution is -0.128. The van der Waals surface area contributed by atoms with Crippen LogP contribution in [0.1, 0.15) is 12.5 Å². The number of benzene rings is 1. The molecule has 0 atom stereocenters. The number of ether oxygens (including phenoxy) is 2. The fourth-order valence-corrected chi connectivity index (χ4v) is 1.68. The highest BCUT2D eigenvalue weighted by Gasteiger charge is 2.13. The monoisotopic (exact) mass is 250 g/mol. The van der Waals surface area contributed by atoms with Crippen LogP contribution in [0, 0.1) is 0 Å². The zero-order valence-electron chi connectivity index (χ0n) is 10.7. The second kappa shape index (κ2) is 5.73. The number of hydrogen-bond donors (Lipinski definition) is 1. The molecule has 18 heavy (non-hydrogen) atoms. The summed E-state index contributed by atoms with van der Waals surface area (Å²) >= 11 is 0. The van der Waals surface area contributed by atoms with Gasteiger partial charge in [0.05, 0.1) is 6.54 Å². The minimum Gasteiger partial charge on any atom is -0.454 e. The maximum Gasteiger partial charge on any atom is 0.236 e. The number of fused-ring (bicyclic) bond motifs is 1. The van der Waals surface area contributed by atoms with Gasteiger partial charge in [0, 0.05) is 20.1 Å². The highest BCUT2D eigenvalue weighted by atomic mass is 16.7. The van der Waals surface area contributed by atoms with Crippen LogP contribution in [0.2, 0.25) is 0 Å². The summed E-state index contributed by atoms with van der Waals surface area (Å²) in [6, 6.07) is 5.79. The molecule has 0 radical (unpaired) electrons. The van der Waals surface area contributed by atoms with Crippen molar-refractivity contribution in [3.05, 3.63) is 23.8 Å². The molecule has 1 amide bonds. The molecule has 1 aromatic rings. The summed E-state index contributed by atoms with van der Waals surface area (Å²) in [5.74, 6) is 1.64. The number of rotatable bonds is 5. The van der Waals surface area contributed by atoms with Crippen molar-refractivity contribution in [2.45, 2.75) is 13.5 Å². The molecule has 0 unspecified atom stereocenters. The standard InChI is InChI=1S/C13H18N2O3/c1-3-15(2)13(16)8-14-7-10-4-5-11-12(6-10)18-9-17-11/h4-6,14H,3,7-9H2,1-2H3. The van der Waals surface area contributed by atoms with Crippen LogP contribution in [-0.2, 0) is 11.3 Å². The lowest BCUT2D eigenvalue weighted by atomic mass is 10.2. The van der Waals surface area contributed by atoms with E-state index in [9.17, 15) is 4.79 Å². The molecule has 0 saturated heterocycles. The van der Waals surface area contributed by atoms with Crippen molar-refractivity contribution < 1.29 is 14.3 Å². The van der Waals surface area contributed by atoms with Crippen molar-refractivity contribution in [2.75, 3.05) is 26.9 Å². The highest BCUT2D eigenvalue weighted by Crippen LogP contribution is 2.32. The summed E-state index contributed by atoms with van der Waals surface area (Å²) < 4.78 is 10.5. The van der Waals surface area contributed by atoms with Crippen molar-refractivity contribution in [3.8, 4) is 11.5 Å². The molecule has 0 fully saturated rings. The SMILES string of the molecule is CCN(C)C(=O)CNCc1ccc2c(c1)OCO2. The third kappa shape index (κ3) is 2.92. The molecular weight excluding hydrogens is 232 g/mol. The van der Waals surface area contributed by atoms with Crippen LogP contribution in [0.5, 0.6) is 11.5 Å². The van der Waals surface area contributed by atoms with Gasteiger partial charge < -0.3 is 19.7 Å². The van der Waals surface area contributed by atoms with E-state index >= 15 is 0 Å². The van der Waals surface area contributed by atoms with E-state index in [1.54, 1.807) is 11.9 Å². The summed E-state index contributed by atoms with van der Waals surface area (Å²) in [7, 11) is 1.80. The average molecular weight is 250 g/mol. The van der Waals surface area contributed by atoms with Crippen molar-refractivity contribution in [2.24, 2.45) is 0 Å². The molecule has 5 nitrogen and oxygen atoms in total. The minimum atomic E-state index is 0.0956. The van der Waals surface area contributed by atoms with Crippen LogP contribution in [0.4, 0.5) is 0 Å². The van der Waals surface area contributed by atoms with Crippen LogP contribution in [0.3, 0.4) is 0 Å². The van der Waals surface area contributed by atoms with E-state index in [0.717, 1.165) is 23.6 Å². The zero-order chi connectivity index (χ0) is 13.0. The predicted octanol–water partition coefficient (Wildman–Crippen LogP) is 0.983. The average Bonchev–Trinajstić information content (AvgIpc) is 2.85. The van der Waals surface area contributed by atoms with E-state index in [1.807, 2.05) is 25.1 Å². The number of nitrogens with one attached hydrogen (secondary N) is 1. The molecule has 0 saturated carbocycles. The van der Waals surface area contributed by atoms with Gasteiger partial charge in [-0.05, 0) is 24.6 Å². The predicted molar refractivity (Wildman–Crippen MR) is 67.6 cm³/mol. The van der Waals surface area contributed by atoms with Crippen molar-refractivity contribution in [1.29, 1.82) is 0 Å². The lowest BCUT2D eigenvalue weighted by Crippen LogP contribution is -2.35. The molecule has 0 aromatic heterocycles. The van der Waals surface area contributed by atoms with Crippen LogP contribution >= 0.6 is 0 Å². The first-order valence-electron chi connectivity index (χ1n) is 6.04. The minimum absolute atomic E-state index is 0.0956. The molecule has 1 heterocycles. The summed E-state index contributed by atoms with van der Waals surface area (Å²) in [6.45, 7) is 3.95. The Kier molecular flexibility index (Phi) is 4.04. The van der Waals surface area contributed by atoms with E-state index in [0.29, 0.717) is 13.1 Å². The largest absolute Gasteiger partial charge is 0.454 e. The molecule has 0 spiro atoms. The number of nitrogens with zero attached hydrogens (tertiary/aromatic N) is 1. The molecule has 1 N–H and O–H groups in total. The van der Waals surface area contributed by atoms with E-state index in [4.69, 9.17) is 9.47 Å². The first kappa shape index (κ1) is 12.7. The molecule has 1 aromatic carbocycles. The van der Waals surface area contributed by atoms with Gasteiger partial charge in [-0.3, -0.25) is 4.79 Å². The van der Waals surface area contributed by atoms with Gasteiger partial charge in [0.25, 0.3) is 0 Å². The second-order valence-electron chi connectivity index (χ2n) is 4.20. The van der Waals surface area contributed by atoms with Gasteiger partial charge in [-0.25, -0.2) is 0 Å². The first-order chi connectivity index (χ1) is 8.70. The third-order valence-electron chi connectivity index (χ3n) is 2.94. The Morgan fingerprint density at radius 1 is 1.39 bits per heavy atom. The Bertz CT molecular complexity index is 434. The van der Waals surface area contributed by atoms with Gasteiger partial charge >= 0.3 is 0 Å². The van der Waals surface area contributed by atoms with Crippen LogP contribution < -0.4 is 14.8 Å². The summed E-state index contributed by atoms with van der Waals surface area (Å²) in [4.78, 5) is 13.3. The van der Waals surface area contributed by atoms with Crippen LogP contribution in [-0.4, -0.2) is 37.7 Å². The summed E-state index contributed by atoms with van der Waals surface area (Å²) in [6.07, 6.45) is 0. The Morgan fingerprint density at radius 2 is 2.17 bits per heavy atom. The van der Waals surface area contributed by atoms with Gasteiger partial charge in [-0.15, -0.1) is 0 Å². The molecular formula is C13H18N2O3. The lowest BCUT2D eigenvalue weighted by Gasteiger charge is -2.14.